The Morgan fingerprint density at radius 3 is 2.59 bits per heavy atom. The minimum Gasteiger partial charge on any atom is -0.454 e. The largest absolute Gasteiger partial charge is 0.454 e. The minimum absolute atomic E-state index is 0.188. The third-order valence-electron chi connectivity index (χ3n) is 5.03. The summed E-state index contributed by atoms with van der Waals surface area (Å²) in [6, 6.07) is 0. The van der Waals surface area contributed by atoms with Crippen LogP contribution >= 0.6 is 11.3 Å². The van der Waals surface area contributed by atoms with Crippen LogP contribution in [0, 0.1) is 25.7 Å². The maximum absolute atomic E-state index is 12.6. The molecule has 2 aromatic rings. The Kier molecular flexibility index (Phi) is 5.64. The number of carbonyl (C=O) groups excluding carboxylic acids is 2. The summed E-state index contributed by atoms with van der Waals surface area (Å²) in [5.74, 6) is 0.0884. The molecule has 0 bridgehead atoms. The van der Waals surface area contributed by atoms with E-state index in [9.17, 15) is 14.4 Å². The number of thiophene rings is 1. The van der Waals surface area contributed by atoms with Gasteiger partial charge in [0.2, 0.25) is 0 Å². The Bertz CT molecular complexity index is 923. The summed E-state index contributed by atoms with van der Waals surface area (Å²) in [7, 11) is 0. The lowest BCUT2D eigenvalue weighted by Crippen LogP contribution is -2.44. The number of hydrogen-bond donors (Lipinski definition) is 0. The number of hydrogen-bond acceptors (Lipinski definition) is 6. The van der Waals surface area contributed by atoms with Gasteiger partial charge in [-0.15, -0.1) is 11.3 Å². The van der Waals surface area contributed by atoms with Crippen LogP contribution in [0.15, 0.2) is 11.1 Å². The van der Waals surface area contributed by atoms with Crippen LogP contribution in [0.5, 0.6) is 0 Å². The standard InChI is InChI=1S/C19H25N3O4S/c1-11-5-12(2)7-21(6-11)15(23)9-26-16(24)8-22-10-20-18-17(19(22)25)13(3)14(4)27-18/h10-12H,5-9H2,1-4H3/t11-,12-/m1/s1. The summed E-state index contributed by atoms with van der Waals surface area (Å²) in [6.07, 6.45) is 2.46. The van der Waals surface area contributed by atoms with E-state index in [0.29, 0.717) is 35.1 Å². The normalized spacial score (nSPS) is 20.1. The number of nitrogens with zero attached hydrogens (tertiary/aromatic N) is 3. The van der Waals surface area contributed by atoms with Crippen molar-refractivity contribution in [2.45, 2.75) is 40.7 Å². The molecule has 0 aromatic carbocycles. The van der Waals surface area contributed by atoms with E-state index in [-0.39, 0.29) is 24.6 Å². The number of esters is 1. The van der Waals surface area contributed by atoms with E-state index in [1.54, 1.807) is 4.90 Å². The van der Waals surface area contributed by atoms with Gasteiger partial charge in [0.15, 0.2) is 6.61 Å². The van der Waals surface area contributed by atoms with Crippen molar-refractivity contribution in [3.8, 4) is 0 Å². The first-order valence-corrected chi connectivity index (χ1v) is 9.96. The van der Waals surface area contributed by atoms with Crippen LogP contribution in [0.2, 0.25) is 0 Å². The quantitative estimate of drug-likeness (QED) is 0.746. The Labute approximate surface area is 161 Å². The molecule has 8 heteroatoms. The average Bonchev–Trinajstić information content (AvgIpc) is 2.89. The third kappa shape index (κ3) is 4.21. The number of ether oxygens (including phenoxy) is 1. The molecule has 27 heavy (non-hydrogen) atoms. The van der Waals surface area contributed by atoms with E-state index >= 15 is 0 Å². The van der Waals surface area contributed by atoms with Gasteiger partial charge in [-0.25, -0.2) is 4.98 Å². The van der Waals surface area contributed by atoms with Gasteiger partial charge in [0.05, 0.1) is 11.7 Å². The second-order valence-electron chi connectivity index (χ2n) is 7.55. The van der Waals surface area contributed by atoms with Gasteiger partial charge in [0, 0.05) is 18.0 Å². The van der Waals surface area contributed by atoms with Crippen LogP contribution in [-0.4, -0.2) is 46.0 Å². The lowest BCUT2D eigenvalue weighted by Gasteiger charge is -2.34. The number of amides is 1. The van der Waals surface area contributed by atoms with Gasteiger partial charge >= 0.3 is 5.97 Å². The summed E-state index contributed by atoms with van der Waals surface area (Å²) in [5.41, 5.74) is 0.627. The Balaban J connectivity index is 1.62. The first-order chi connectivity index (χ1) is 12.8. The number of rotatable bonds is 4. The molecule has 1 saturated heterocycles. The van der Waals surface area contributed by atoms with E-state index in [4.69, 9.17) is 4.74 Å². The van der Waals surface area contributed by atoms with Gasteiger partial charge in [-0.05, 0) is 37.7 Å². The van der Waals surface area contributed by atoms with E-state index in [1.807, 2.05) is 13.8 Å². The molecule has 2 aromatic heterocycles. The molecule has 3 heterocycles. The monoisotopic (exact) mass is 391 g/mol. The van der Waals surface area contributed by atoms with E-state index in [2.05, 4.69) is 18.8 Å². The summed E-state index contributed by atoms with van der Waals surface area (Å²) in [6.45, 7) is 8.88. The van der Waals surface area contributed by atoms with Crippen molar-refractivity contribution in [1.29, 1.82) is 0 Å². The van der Waals surface area contributed by atoms with Crippen molar-refractivity contribution in [2.75, 3.05) is 19.7 Å². The number of aromatic nitrogens is 2. The lowest BCUT2D eigenvalue weighted by molar-refractivity contribution is -0.153. The summed E-state index contributed by atoms with van der Waals surface area (Å²) < 4.78 is 6.35. The van der Waals surface area contributed by atoms with E-state index in [1.165, 1.54) is 22.2 Å². The first-order valence-electron chi connectivity index (χ1n) is 9.14. The van der Waals surface area contributed by atoms with Crippen molar-refractivity contribution in [2.24, 2.45) is 11.8 Å². The minimum atomic E-state index is -0.616. The van der Waals surface area contributed by atoms with Crippen molar-refractivity contribution < 1.29 is 14.3 Å². The number of carbonyl (C=O) groups is 2. The van der Waals surface area contributed by atoms with Gasteiger partial charge in [-0.3, -0.25) is 19.0 Å². The molecule has 0 aliphatic carbocycles. The second-order valence-corrected chi connectivity index (χ2v) is 8.75. The fraction of sp³-hybridized carbons (Fsp3) is 0.579. The zero-order valence-corrected chi connectivity index (χ0v) is 17.0. The third-order valence-corrected chi connectivity index (χ3v) is 6.15. The zero-order chi connectivity index (χ0) is 19.7. The maximum atomic E-state index is 12.6. The highest BCUT2D eigenvalue weighted by Crippen LogP contribution is 2.25. The predicted octanol–water partition coefficient (Wildman–Crippen LogP) is 2.12. The molecule has 0 saturated carbocycles. The molecule has 1 fully saturated rings. The van der Waals surface area contributed by atoms with Gasteiger partial charge < -0.3 is 9.64 Å². The highest BCUT2D eigenvalue weighted by molar-refractivity contribution is 7.18. The molecule has 1 amide bonds. The van der Waals surface area contributed by atoms with Crippen LogP contribution in [0.25, 0.3) is 10.2 Å². The Morgan fingerprint density at radius 2 is 1.93 bits per heavy atom. The van der Waals surface area contributed by atoms with Gasteiger partial charge in [0.25, 0.3) is 11.5 Å². The zero-order valence-electron chi connectivity index (χ0n) is 16.2. The topological polar surface area (TPSA) is 81.5 Å². The molecule has 146 valence electrons. The molecule has 1 aliphatic heterocycles. The van der Waals surface area contributed by atoms with E-state index in [0.717, 1.165) is 16.9 Å². The lowest BCUT2D eigenvalue weighted by atomic mass is 9.92. The SMILES string of the molecule is Cc1sc2ncn(CC(=O)OCC(=O)N3C[C@H](C)C[C@@H](C)C3)c(=O)c2c1C. The van der Waals surface area contributed by atoms with Crippen LogP contribution in [0.1, 0.15) is 30.7 Å². The van der Waals surface area contributed by atoms with Crippen molar-refractivity contribution in [1.82, 2.24) is 14.5 Å². The van der Waals surface area contributed by atoms with Crippen LogP contribution in [-0.2, 0) is 20.9 Å². The maximum Gasteiger partial charge on any atom is 0.326 e. The van der Waals surface area contributed by atoms with Crippen molar-refractivity contribution in [3.05, 3.63) is 27.1 Å². The van der Waals surface area contributed by atoms with Crippen LogP contribution in [0.4, 0.5) is 0 Å². The predicted molar refractivity (Wildman–Crippen MR) is 104 cm³/mol. The molecule has 0 radical (unpaired) electrons. The molecule has 0 N–H and O–H groups in total. The summed E-state index contributed by atoms with van der Waals surface area (Å²) in [4.78, 5) is 44.8. The number of aryl methyl sites for hydroxylation is 2. The van der Waals surface area contributed by atoms with E-state index < -0.39 is 5.97 Å². The smallest absolute Gasteiger partial charge is 0.326 e. The first kappa shape index (κ1) is 19.5. The number of fused-ring (bicyclic) bond motifs is 1. The van der Waals surface area contributed by atoms with Crippen molar-refractivity contribution >= 4 is 33.4 Å². The van der Waals surface area contributed by atoms with Crippen molar-refractivity contribution in [3.63, 3.8) is 0 Å². The fourth-order valence-corrected chi connectivity index (χ4v) is 4.65. The fourth-order valence-electron chi connectivity index (χ4n) is 3.67. The highest BCUT2D eigenvalue weighted by atomic mass is 32.1. The summed E-state index contributed by atoms with van der Waals surface area (Å²) >= 11 is 1.46. The molecule has 3 rings (SSSR count). The molecule has 7 nitrogen and oxygen atoms in total. The van der Waals surface area contributed by atoms with Crippen LogP contribution in [0.3, 0.4) is 0 Å². The molecule has 0 unspecified atom stereocenters. The highest BCUT2D eigenvalue weighted by Gasteiger charge is 2.26. The molecular formula is C19H25N3O4S. The Hall–Kier alpha value is -2.22. The number of piperidine rings is 1. The van der Waals surface area contributed by atoms with Gasteiger partial charge in [0.1, 0.15) is 11.4 Å². The molecule has 1 aliphatic rings. The second kappa shape index (κ2) is 7.80. The average molecular weight is 391 g/mol. The molecule has 0 spiro atoms. The summed E-state index contributed by atoms with van der Waals surface area (Å²) in [5, 5.41) is 0.542. The van der Waals surface area contributed by atoms with Gasteiger partial charge in [-0.2, -0.15) is 0 Å². The molecule has 2 atom stereocenters. The Morgan fingerprint density at radius 1 is 1.26 bits per heavy atom. The van der Waals surface area contributed by atoms with Crippen LogP contribution < -0.4 is 5.56 Å². The molecular weight excluding hydrogens is 366 g/mol. The number of likely N-dealkylation sites (tertiary alicyclic amines) is 1. The van der Waals surface area contributed by atoms with Gasteiger partial charge in [-0.1, -0.05) is 13.8 Å².